The molecule has 2 aromatic heterocycles. The largest absolute Gasteiger partial charge is 0.493 e. The van der Waals surface area contributed by atoms with Crippen molar-refractivity contribution in [2.75, 3.05) is 19.7 Å². The number of hydrogen-bond donors (Lipinski definition) is 2. The molecule has 1 saturated heterocycles. The van der Waals surface area contributed by atoms with Crippen molar-refractivity contribution < 1.29 is 27.4 Å². The standard InChI is InChI=1S/C26H25F3N4O3S.ClH/c27-26(28,29)19-4-2-1-3-17(19)14-36-22-12-23(37-24(22)25(30)34)33-15-32-20-6-5-18(11-21(20)33)35-13-16-7-9-31-10-8-16;/h1-6,11-12,15-16,31H,7-10,13-14H2,(H2,30,34);1H. The number of alkyl halides is 3. The summed E-state index contributed by atoms with van der Waals surface area (Å²) in [6.45, 7) is 2.24. The Labute approximate surface area is 227 Å². The van der Waals surface area contributed by atoms with Gasteiger partial charge in [0, 0.05) is 17.7 Å². The molecule has 3 heterocycles. The Bertz CT molecular complexity index is 1420. The Hall–Kier alpha value is -3.28. The number of ether oxygens (including phenoxy) is 2. The molecule has 0 atom stereocenters. The maximum absolute atomic E-state index is 13.4. The van der Waals surface area contributed by atoms with Crippen molar-refractivity contribution in [3.05, 3.63) is 70.9 Å². The van der Waals surface area contributed by atoms with Crippen LogP contribution < -0.4 is 20.5 Å². The number of rotatable bonds is 8. The molecule has 1 aliphatic heterocycles. The van der Waals surface area contributed by atoms with Gasteiger partial charge in [0.1, 0.15) is 34.3 Å². The van der Waals surface area contributed by atoms with Crippen LogP contribution in [-0.4, -0.2) is 35.2 Å². The molecule has 2 aromatic carbocycles. The lowest BCUT2D eigenvalue weighted by Gasteiger charge is -2.22. The number of thiophene rings is 1. The second-order valence-corrected chi connectivity index (χ2v) is 9.89. The van der Waals surface area contributed by atoms with Crippen LogP contribution in [0.5, 0.6) is 11.5 Å². The molecule has 0 unspecified atom stereocenters. The van der Waals surface area contributed by atoms with Gasteiger partial charge in [-0.2, -0.15) is 13.2 Å². The third-order valence-corrected chi connectivity index (χ3v) is 7.45. The fourth-order valence-corrected chi connectivity index (χ4v) is 5.29. The van der Waals surface area contributed by atoms with Gasteiger partial charge in [-0.1, -0.05) is 18.2 Å². The molecule has 0 radical (unpaired) electrons. The lowest BCUT2D eigenvalue weighted by molar-refractivity contribution is -0.138. The van der Waals surface area contributed by atoms with Crippen molar-refractivity contribution in [2.45, 2.75) is 25.6 Å². The molecular weight excluding hydrogens is 541 g/mol. The fraction of sp³-hybridized carbons (Fsp3) is 0.308. The van der Waals surface area contributed by atoms with Gasteiger partial charge in [-0.05, 0) is 50.0 Å². The van der Waals surface area contributed by atoms with E-state index in [1.165, 1.54) is 18.2 Å². The Balaban J connectivity index is 0.00000336. The molecule has 12 heteroatoms. The molecule has 202 valence electrons. The molecule has 0 bridgehead atoms. The fourth-order valence-electron chi connectivity index (χ4n) is 4.35. The van der Waals surface area contributed by atoms with Gasteiger partial charge in [0.25, 0.3) is 5.91 Å². The van der Waals surface area contributed by atoms with E-state index in [9.17, 15) is 18.0 Å². The van der Waals surface area contributed by atoms with Crippen LogP contribution in [0.15, 0.2) is 54.9 Å². The number of hydrogen-bond acceptors (Lipinski definition) is 6. The van der Waals surface area contributed by atoms with E-state index in [0.29, 0.717) is 23.3 Å². The van der Waals surface area contributed by atoms with Crippen LogP contribution >= 0.6 is 23.7 Å². The number of carbonyl (C=O) groups excluding carboxylic acids is 1. The minimum absolute atomic E-state index is 0. The Morgan fingerprint density at radius 1 is 1.13 bits per heavy atom. The third-order valence-electron chi connectivity index (χ3n) is 6.32. The van der Waals surface area contributed by atoms with E-state index in [1.807, 2.05) is 18.2 Å². The molecular formula is C26H26ClF3N4O3S. The maximum atomic E-state index is 13.4. The number of halogens is 4. The smallest absolute Gasteiger partial charge is 0.416 e. The van der Waals surface area contributed by atoms with Crippen LogP contribution in [0.4, 0.5) is 13.2 Å². The molecule has 38 heavy (non-hydrogen) atoms. The number of primary amides is 1. The summed E-state index contributed by atoms with van der Waals surface area (Å²) in [5, 5.41) is 3.93. The molecule has 1 amide bonds. The van der Waals surface area contributed by atoms with E-state index in [2.05, 4.69) is 10.3 Å². The summed E-state index contributed by atoms with van der Waals surface area (Å²) < 4.78 is 53.6. The van der Waals surface area contributed by atoms with E-state index in [4.69, 9.17) is 15.2 Å². The highest BCUT2D eigenvalue weighted by Gasteiger charge is 2.33. The summed E-state index contributed by atoms with van der Waals surface area (Å²) in [6.07, 6.45) is -0.765. The minimum atomic E-state index is -4.52. The minimum Gasteiger partial charge on any atom is -0.493 e. The van der Waals surface area contributed by atoms with Crippen LogP contribution in [0.3, 0.4) is 0 Å². The zero-order valence-electron chi connectivity index (χ0n) is 20.2. The van der Waals surface area contributed by atoms with E-state index in [0.717, 1.165) is 54.4 Å². The third kappa shape index (κ3) is 6.06. The van der Waals surface area contributed by atoms with E-state index in [-0.39, 0.29) is 35.2 Å². The van der Waals surface area contributed by atoms with Gasteiger partial charge in [0.05, 0.1) is 23.2 Å². The first kappa shape index (κ1) is 27.7. The quantitative estimate of drug-likeness (QED) is 0.290. The first-order valence-electron chi connectivity index (χ1n) is 11.8. The van der Waals surface area contributed by atoms with E-state index in [1.54, 1.807) is 17.0 Å². The van der Waals surface area contributed by atoms with E-state index < -0.39 is 17.6 Å². The number of benzene rings is 2. The first-order valence-corrected chi connectivity index (χ1v) is 12.6. The highest BCUT2D eigenvalue weighted by molar-refractivity contribution is 7.16. The van der Waals surface area contributed by atoms with Crippen LogP contribution in [-0.2, 0) is 12.8 Å². The van der Waals surface area contributed by atoms with Crippen molar-refractivity contribution in [1.29, 1.82) is 0 Å². The number of nitrogens with zero attached hydrogens (tertiary/aromatic N) is 2. The number of nitrogens with one attached hydrogen (secondary N) is 1. The molecule has 3 N–H and O–H groups in total. The van der Waals surface area contributed by atoms with Crippen molar-refractivity contribution in [3.8, 4) is 16.5 Å². The Morgan fingerprint density at radius 3 is 2.63 bits per heavy atom. The van der Waals surface area contributed by atoms with Crippen LogP contribution in [0.2, 0.25) is 0 Å². The van der Waals surface area contributed by atoms with Gasteiger partial charge >= 0.3 is 6.18 Å². The molecule has 1 aliphatic rings. The van der Waals surface area contributed by atoms with Gasteiger partial charge in [-0.25, -0.2) is 4.98 Å². The number of fused-ring (bicyclic) bond motifs is 1. The predicted molar refractivity (Wildman–Crippen MR) is 142 cm³/mol. The zero-order valence-corrected chi connectivity index (χ0v) is 21.8. The zero-order chi connectivity index (χ0) is 26.0. The van der Waals surface area contributed by atoms with Crippen LogP contribution in [0.25, 0.3) is 16.0 Å². The van der Waals surface area contributed by atoms with Gasteiger partial charge < -0.3 is 20.5 Å². The average molecular weight is 567 g/mol. The lowest BCUT2D eigenvalue weighted by atomic mass is 9.99. The molecule has 0 saturated carbocycles. The predicted octanol–water partition coefficient (Wildman–Crippen LogP) is 5.58. The van der Waals surface area contributed by atoms with Crippen LogP contribution in [0, 0.1) is 5.92 Å². The maximum Gasteiger partial charge on any atom is 0.416 e. The second kappa shape index (κ2) is 11.6. The number of aromatic nitrogens is 2. The molecule has 0 aliphatic carbocycles. The number of amides is 1. The normalized spacial score (nSPS) is 14.3. The molecule has 4 aromatic rings. The summed E-state index contributed by atoms with van der Waals surface area (Å²) in [5.41, 5.74) is 6.22. The summed E-state index contributed by atoms with van der Waals surface area (Å²) in [7, 11) is 0. The highest BCUT2D eigenvalue weighted by atomic mass is 35.5. The van der Waals surface area contributed by atoms with Crippen molar-refractivity contribution in [2.24, 2.45) is 11.7 Å². The van der Waals surface area contributed by atoms with Crippen LogP contribution in [0.1, 0.15) is 33.6 Å². The average Bonchev–Trinajstić information content (AvgIpc) is 3.50. The molecule has 7 nitrogen and oxygen atoms in total. The van der Waals surface area contributed by atoms with Gasteiger partial charge in [-0.3, -0.25) is 9.36 Å². The second-order valence-electron chi connectivity index (χ2n) is 8.86. The van der Waals surface area contributed by atoms with Crippen molar-refractivity contribution in [3.63, 3.8) is 0 Å². The van der Waals surface area contributed by atoms with Gasteiger partial charge in [0.2, 0.25) is 0 Å². The molecule has 1 fully saturated rings. The van der Waals surface area contributed by atoms with Crippen molar-refractivity contribution >= 4 is 40.7 Å². The number of carbonyl (C=O) groups is 1. The highest BCUT2D eigenvalue weighted by Crippen LogP contribution is 2.36. The van der Waals surface area contributed by atoms with Gasteiger partial charge in [-0.15, -0.1) is 23.7 Å². The summed E-state index contributed by atoms with van der Waals surface area (Å²) in [4.78, 5) is 16.7. The number of piperidine rings is 1. The Morgan fingerprint density at radius 2 is 1.89 bits per heavy atom. The topological polar surface area (TPSA) is 91.4 Å². The number of imidazole rings is 1. The van der Waals surface area contributed by atoms with Crippen molar-refractivity contribution in [1.82, 2.24) is 14.9 Å². The Kier molecular flexibility index (Phi) is 8.49. The monoisotopic (exact) mass is 566 g/mol. The number of nitrogens with two attached hydrogens (primary N) is 1. The molecule has 0 spiro atoms. The lowest BCUT2D eigenvalue weighted by Crippen LogP contribution is -2.30. The summed E-state index contributed by atoms with van der Waals surface area (Å²) in [6, 6.07) is 12.4. The molecule has 5 rings (SSSR count). The van der Waals surface area contributed by atoms with Gasteiger partial charge in [0.15, 0.2) is 0 Å². The van der Waals surface area contributed by atoms with E-state index >= 15 is 0 Å². The SMILES string of the molecule is Cl.NC(=O)c1sc(-n2cnc3ccc(OCC4CCNCC4)cc32)cc1OCc1ccccc1C(F)(F)F. The first-order chi connectivity index (χ1) is 17.8. The summed E-state index contributed by atoms with van der Waals surface area (Å²) in [5.74, 6) is 0.592. The summed E-state index contributed by atoms with van der Waals surface area (Å²) >= 11 is 1.08.